The van der Waals surface area contributed by atoms with E-state index in [-0.39, 0.29) is 5.69 Å². The standard InChI is InChI=1S/C9H14N4O2/c1-15-9(14)8-6-13(12-11-8)5-7-2-3-10-4-7/h6-7,10H,2-5H2,1H3. The van der Waals surface area contributed by atoms with Gasteiger partial charge in [-0.3, -0.25) is 4.68 Å². The van der Waals surface area contributed by atoms with Crippen LogP contribution in [0.1, 0.15) is 16.9 Å². The molecule has 1 atom stereocenters. The normalized spacial score (nSPS) is 20.5. The van der Waals surface area contributed by atoms with Crippen LogP contribution in [0.4, 0.5) is 0 Å². The third-order valence-corrected chi connectivity index (χ3v) is 2.54. The molecule has 6 heteroatoms. The molecule has 0 radical (unpaired) electrons. The van der Waals surface area contributed by atoms with Gasteiger partial charge in [0, 0.05) is 6.54 Å². The van der Waals surface area contributed by atoms with E-state index in [9.17, 15) is 4.79 Å². The number of carbonyl (C=O) groups is 1. The average molecular weight is 210 g/mol. The maximum atomic E-state index is 11.1. The molecule has 1 N–H and O–H groups in total. The predicted molar refractivity (Wildman–Crippen MR) is 52.3 cm³/mol. The van der Waals surface area contributed by atoms with E-state index in [2.05, 4.69) is 20.4 Å². The lowest BCUT2D eigenvalue weighted by molar-refractivity contribution is 0.0594. The third kappa shape index (κ3) is 2.33. The highest BCUT2D eigenvalue weighted by Gasteiger charge is 2.17. The van der Waals surface area contributed by atoms with Crippen molar-refractivity contribution < 1.29 is 9.53 Å². The molecule has 1 aromatic heterocycles. The first-order valence-electron chi connectivity index (χ1n) is 4.99. The van der Waals surface area contributed by atoms with E-state index in [1.54, 1.807) is 10.9 Å². The number of aromatic nitrogens is 3. The van der Waals surface area contributed by atoms with Crippen LogP contribution in [-0.2, 0) is 11.3 Å². The van der Waals surface area contributed by atoms with Crippen molar-refractivity contribution in [3.05, 3.63) is 11.9 Å². The van der Waals surface area contributed by atoms with Gasteiger partial charge in [0.2, 0.25) is 0 Å². The molecule has 2 heterocycles. The van der Waals surface area contributed by atoms with Crippen molar-refractivity contribution in [2.45, 2.75) is 13.0 Å². The number of esters is 1. The lowest BCUT2D eigenvalue weighted by Gasteiger charge is -2.06. The van der Waals surface area contributed by atoms with Gasteiger partial charge in [-0.25, -0.2) is 4.79 Å². The van der Waals surface area contributed by atoms with Gasteiger partial charge in [-0.15, -0.1) is 5.10 Å². The van der Waals surface area contributed by atoms with Crippen molar-refractivity contribution in [1.29, 1.82) is 0 Å². The Balaban J connectivity index is 1.97. The largest absolute Gasteiger partial charge is 0.464 e. The van der Waals surface area contributed by atoms with Crippen LogP contribution in [0.2, 0.25) is 0 Å². The summed E-state index contributed by atoms with van der Waals surface area (Å²) in [6, 6.07) is 0. The minimum Gasteiger partial charge on any atom is -0.464 e. The highest BCUT2D eigenvalue weighted by Crippen LogP contribution is 2.09. The molecule has 6 nitrogen and oxygen atoms in total. The highest BCUT2D eigenvalue weighted by molar-refractivity contribution is 5.86. The topological polar surface area (TPSA) is 69.0 Å². The molecule has 1 saturated heterocycles. The molecule has 0 bridgehead atoms. The number of hydrogen-bond donors (Lipinski definition) is 1. The first kappa shape index (κ1) is 10.1. The molecule has 0 aromatic carbocycles. The van der Waals surface area contributed by atoms with Gasteiger partial charge in [-0.1, -0.05) is 5.21 Å². The van der Waals surface area contributed by atoms with Gasteiger partial charge in [0.1, 0.15) is 0 Å². The molecule has 82 valence electrons. The summed E-state index contributed by atoms with van der Waals surface area (Å²) in [7, 11) is 1.34. The molecule has 1 aliphatic rings. The summed E-state index contributed by atoms with van der Waals surface area (Å²) in [5, 5.41) is 10.9. The van der Waals surface area contributed by atoms with Crippen molar-refractivity contribution in [1.82, 2.24) is 20.3 Å². The smallest absolute Gasteiger partial charge is 0.360 e. The van der Waals surface area contributed by atoms with Crippen molar-refractivity contribution in [3.8, 4) is 0 Å². The monoisotopic (exact) mass is 210 g/mol. The van der Waals surface area contributed by atoms with Gasteiger partial charge < -0.3 is 10.1 Å². The van der Waals surface area contributed by atoms with E-state index in [1.165, 1.54) is 7.11 Å². The second kappa shape index (κ2) is 4.39. The van der Waals surface area contributed by atoms with Crippen molar-refractivity contribution in [3.63, 3.8) is 0 Å². The quantitative estimate of drug-likeness (QED) is 0.692. The fourth-order valence-electron chi connectivity index (χ4n) is 1.72. The van der Waals surface area contributed by atoms with E-state index in [1.807, 2.05) is 0 Å². The van der Waals surface area contributed by atoms with Gasteiger partial charge >= 0.3 is 5.97 Å². The Labute approximate surface area is 87.6 Å². The van der Waals surface area contributed by atoms with E-state index in [0.29, 0.717) is 5.92 Å². The number of rotatable bonds is 3. The zero-order chi connectivity index (χ0) is 10.7. The fraction of sp³-hybridized carbons (Fsp3) is 0.667. The molecule has 1 unspecified atom stereocenters. The second-order valence-corrected chi connectivity index (χ2v) is 3.68. The molecule has 15 heavy (non-hydrogen) atoms. The first-order valence-corrected chi connectivity index (χ1v) is 4.99. The van der Waals surface area contributed by atoms with E-state index in [4.69, 9.17) is 0 Å². The summed E-state index contributed by atoms with van der Waals surface area (Å²) in [5.74, 6) is 0.142. The second-order valence-electron chi connectivity index (χ2n) is 3.68. The molecule has 0 saturated carbocycles. The van der Waals surface area contributed by atoms with Crippen molar-refractivity contribution in [2.75, 3.05) is 20.2 Å². The lowest BCUT2D eigenvalue weighted by Crippen LogP contribution is -2.14. The lowest BCUT2D eigenvalue weighted by atomic mass is 10.1. The Hall–Kier alpha value is -1.43. The summed E-state index contributed by atoms with van der Waals surface area (Å²) in [6.07, 6.45) is 2.78. The summed E-state index contributed by atoms with van der Waals surface area (Å²) in [4.78, 5) is 11.1. The number of carbonyl (C=O) groups excluding carboxylic acids is 1. The Kier molecular flexibility index (Phi) is 2.96. The zero-order valence-electron chi connectivity index (χ0n) is 8.64. The van der Waals surface area contributed by atoms with Crippen molar-refractivity contribution in [2.24, 2.45) is 5.92 Å². The average Bonchev–Trinajstić information content (AvgIpc) is 2.88. The van der Waals surface area contributed by atoms with E-state index in [0.717, 1.165) is 26.1 Å². The highest BCUT2D eigenvalue weighted by atomic mass is 16.5. The Morgan fingerprint density at radius 3 is 3.33 bits per heavy atom. The van der Waals surface area contributed by atoms with Gasteiger partial charge in [0.25, 0.3) is 0 Å². The Morgan fingerprint density at radius 2 is 2.67 bits per heavy atom. The molecule has 0 amide bonds. The summed E-state index contributed by atoms with van der Waals surface area (Å²) < 4.78 is 6.25. The van der Waals surface area contributed by atoms with Gasteiger partial charge in [-0.05, 0) is 25.4 Å². The van der Waals surface area contributed by atoms with Crippen LogP contribution >= 0.6 is 0 Å². The first-order chi connectivity index (χ1) is 7.29. The third-order valence-electron chi connectivity index (χ3n) is 2.54. The number of hydrogen-bond acceptors (Lipinski definition) is 5. The number of nitrogens with one attached hydrogen (secondary N) is 1. The molecular formula is C9H14N4O2. The zero-order valence-corrected chi connectivity index (χ0v) is 8.64. The SMILES string of the molecule is COC(=O)c1cn(CC2CCNC2)nn1. The van der Waals surface area contributed by atoms with Gasteiger partial charge in [0.15, 0.2) is 5.69 Å². The van der Waals surface area contributed by atoms with Crippen LogP contribution < -0.4 is 5.32 Å². The maximum absolute atomic E-state index is 11.1. The maximum Gasteiger partial charge on any atom is 0.360 e. The predicted octanol–water partition coefficient (Wildman–Crippen LogP) is -0.326. The van der Waals surface area contributed by atoms with Crippen LogP contribution in [-0.4, -0.2) is 41.2 Å². The molecule has 1 fully saturated rings. The van der Waals surface area contributed by atoms with E-state index >= 15 is 0 Å². The van der Waals surface area contributed by atoms with Gasteiger partial charge in [-0.2, -0.15) is 0 Å². The molecular weight excluding hydrogens is 196 g/mol. The fourth-order valence-corrected chi connectivity index (χ4v) is 1.72. The van der Waals surface area contributed by atoms with Crippen LogP contribution in [0.3, 0.4) is 0 Å². The van der Waals surface area contributed by atoms with Crippen LogP contribution in [0.5, 0.6) is 0 Å². The Morgan fingerprint density at radius 1 is 1.80 bits per heavy atom. The minimum atomic E-state index is -0.439. The Bertz CT molecular complexity index is 344. The molecule has 0 aliphatic carbocycles. The summed E-state index contributed by atoms with van der Waals surface area (Å²) in [6.45, 7) is 2.87. The van der Waals surface area contributed by atoms with E-state index < -0.39 is 5.97 Å². The number of nitrogens with zero attached hydrogens (tertiary/aromatic N) is 3. The summed E-state index contributed by atoms with van der Waals surface area (Å²) >= 11 is 0. The molecule has 1 aromatic rings. The van der Waals surface area contributed by atoms with Gasteiger partial charge in [0.05, 0.1) is 13.3 Å². The minimum absolute atomic E-state index is 0.267. The molecule has 2 rings (SSSR count). The number of methoxy groups -OCH3 is 1. The van der Waals surface area contributed by atoms with Crippen molar-refractivity contribution >= 4 is 5.97 Å². The molecule has 1 aliphatic heterocycles. The van der Waals surface area contributed by atoms with Crippen LogP contribution in [0, 0.1) is 5.92 Å². The molecule has 0 spiro atoms. The number of ether oxygens (including phenoxy) is 1. The summed E-state index contributed by atoms with van der Waals surface area (Å²) in [5.41, 5.74) is 0.267. The van der Waals surface area contributed by atoms with Crippen LogP contribution in [0.25, 0.3) is 0 Å². The van der Waals surface area contributed by atoms with Crippen LogP contribution in [0.15, 0.2) is 6.20 Å².